The highest BCUT2D eigenvalue weighted by atomic mass is 16.6. The number of ketones is 6. The number of hydrogen-bond donors (Lipinski definition) is 6. The Balaban J connectivity index is 0.000000361. The number of rotatable bonds is 13. The van der Waals surface area contributed by atoms with E-state index in [0.717, 1.165) is 24.0 Å². The number of piperidine rings is 2. The number of esters is 2. The molecule has 6 fully saturated rings. The van der Waals surface area contributed by atoms with Gasteiger partial charge in [-0.25, -0.2) is 9.59 Å². The second-order valence-electron chi connectivity index (χ2n) is 40.1. The van der Waals surface area contributed by atoms with Gasteiger partial charge in [0.25, 0.3) is 23.4 Å². The molecule has 0 aromatic heterocycles. The van der Waals surface area contributed by atoms with E-state index in [9.17, 15) is 78.6 Å². The Labute approximate surface area is 785 Å². The van der Waals surface area contributed by atoms with Gasteiger partial charge in [-0.05, 0) is 228 Å². The molecule has 2 saturated carbocycles. The lowest BCUT2D eigenvalue weighted by molar-refractivity contribution is -0.266. The first-order valence-electron chi connectivity index (χ1n) is 48.8. The van der Waals surface area contributed by atoms with E-state index in [1.807, 2.05) is 130 Å². The second kappa shape index (κ2) is 53.3. The molecule has 28 heteroatoms. The van der Waals surface area contributed by atoms with Crippen molar-refractivity contribution in [2.75, 3.05) is 48.6 Å². The number of carbonyl (C=O) groups is 10. The van der Waals surface area contributed by atoms with Gasteiger partial charge < -0.3 is 87.8 Å². The van der Waals surface area contributed by atoms with Gasteiger partial charge in [0, 0.05) is 110 Å². The van der Waals surface area contributed by atoms with Gasteiger partial charge in [-0.1, -0.05) is 142 Å². The third kappa shape index (κ3) is 31.1. The van der Waals surface area contributed by atoms with Gasteiger partial charge in [0.2, 0.25) is 11.6 Å². The molecule has 744 valence electrons. The number of allylic oxidation sites excluding steroid dienone is 12. The van der Waals surface area contributed by atoms with Gasteiger partial charge in [-0.3, -0.25) is 38.4 Å². The Morgan fingerprint density at radius 1 is 0.432 bits per heavy atom. The lowest BCUT2D eigenvalue weighted by Crippen LogP contribution is -2.61. The molecule has 30 atom stereocenters. The highest BCUT2D eigenvalue weighted by Crippen LogP contribution is 2.42. The van der Waals surface area contributed by atoms with Crippen molar-refractivity contribution in [3.8, 4) is 0 Å². The molecule has 2 aliphatic carbocycles. The minimum absolute atomic E-state index is 0.0150. The molecule has 0 aromatic rings. The van der Waals surface area contributed by atoms with Crippen LogP contribution in [0.15, 0.2) is 95.2 Å². The SMILES string of the molecule is CO[C@@H]1C[C@H](C[C@@H](C)[C@@H]2CC(=O)[C@H](C)/C=C(\C)[C@@H](O)[C@@H](OC)C(=O)[C@H](C)C[C@H](C)/C=C/C=C/C=C(\C)C(OC(C)C)C[C@@H]3CC[C@@H](C)[C@@](O)(O3)C(=O)C(=O)N3CCCC[C@H]3C(=O)O2)CC[C@H]1O.CO[C@H]1C[C@@H]2CC[C@@H](C)[C@@](O)(O2)C(=O)C(=O)N2CCCC[C@H]2C(=O)O[C@H]([C@H](C)C[C@@H]2CC[C@@H](O)[C@H](OC)C2)CC(=O)[C@H](C)/C=C(\C)[C@@H](O)[C@@H](OC)C(=O)[C@H](C)C[C@H](C)/C=C/C=CC=C1C. The minimum atomic E-state index is -2.44. The lowest BCUT2D eigenvalue weighted by atomic mass is 9.78. The summed E-state index contributed by atoms with van der Waals surface area (Å²) >= 11 is 0. The number of ether oxygens (including phenoxy) is 10. The maximum atomic E-state index is 14.4. The molecule has 4 bridgehead atoms. The number of carbonyl (C=O) groups excluding carboxylic acids is 10. The Hall–Kier alpha value is -6.74. The number of amides is 2. The third-order valence-electron chi connectivity index (χ3n) is 29.1. The van der Waals surface area contributed by atoms with Crippen molar-refractivity contribution in [1.29, 1.82) is 0 Å². The van der Waals surface area contributed by atoms with Crippen LogP contribution in [0.4, 0.5) is 0 Å². The maximum Gasteiger partial charge on any atom is 0.329 e. The van der Waals surface area contributed by atoms with Crippen LogP contribution in [0.2, 0.25) is 0 Å². The number of aliphatic hydroxyl groups excluding tert-OH is 4. The number of hydrogen-bond acceptors (Lipinski definition) is 26. The molecule has 8 aliphatic rings. The Kier molecular flexibility index (Phi) is 45.3. The van der Waals surface area contributed by atoms with Crippen LogP contribution in [0, 0.1) is 71.0 Å². The van der Waals surface area contributed by atoms with Crippen molar-refractivity contribution < 1.29 is 126 Å². The smallest absolute Gasteiger partial charge is 0.329 e. The fourth-order valence-electron chi connectivity index (χ4n) is 20.4. The van der Waals surface area contributed by atoms with Crippen LogP contribution in [0.3, 0.4) is 0 Å². The van der Waals surface area contributed by atoms with Crippen LogP contribution < -0.4 is 0 Å². The molecule has 28 nitrogen and oxygen atoms in total. The first kappa shape index (κ1) is 112. The summed E-state index contributed by atoms with van der Waals surface area (Å²) in [6.07, 6.45) is 22.3. The average Bonchev–Trinajstić information content (AvgIpc) is 0.773. The molecule has 6 aliphatic heterocycles. The van der Waals surface area contributed by atoms with E-state index >= 15 is 0 Å². The van der Waals surface area contributed by atoms with Crippen molar-refractivity contribution >= 4 is 58.5 Å². The molecule has 0 spiro atoms. The summed E-state index contributed by atoms with van der Waals surface area (Å²) < 4.78 is 59.3. The topological polar surface area (TPSA) is 391 Å². The van der Waals surface area contributed by atoms with Crippen molar-refractivity contribution in [1.82, 2.24) is 9.80 Å². The number of cyclic esters (lactones) is 2. The van der Waals surface area contributed by atoms with Crippen molar-refractivity contribution in [3.63, 3.8) is 0 Å². The van der Waals surface area contributed by atoms with Crippen LogP contribution in [0.25, 0.3) is 0 Å². The second-order valence-corrected chi connectivity index (χ2v) is 40.1. The first-order valence-corrected chi connectivity index (χ1v) is 48.8. The van der Waals surface area contributed by atoms with Gasteiger partial charge in [-0.15, -0.1) is 0 Å². The van der Waals surface area contributed by atoms with Crippen LogP contribution >= 0.6 is 0 Å². The van der Waals surface area contributed by atoms with Gasteiger partial charge in [0.1, 0.15) is 60.3 Å². The van der Waals surface area contributed by atoms with E-state index in [1.165, 1.54) is 24.0 Å². The van der Waals surface area contributed by atoms with E-state index < -0.39 is 168 Å². The summed E-state index contributed by atoms with van der Waals surface area (Å²) in [7, 11) is 7.47. The summed E-state index contributed by atoms with van der Waals surface area (Å²) in [5.74, 6) is -15.9. The monoisotopic (exact) mass is 1860 g/mol. The molecule has 0 radical (unpaired) electrons. The van der Waals surface area contributed by atoms with Gasteiger partial charge in [0.05, 0.1) is 54.9 Å². The van der Waals surface area contributed by atoms with Crippen molar-refractivity contribution in [2.45, 2.75) is 380 Å². The number of methoxy groups -OCH3 is 5. The summed E-state index contributed by atoms with van der Waals surface area (Å²) in [6, 6.07) is -2.28. The van der Waals surface area contributed by atoms with E-state index in [2.05, 4.69) is 0 Å². The summed E-state index contributed by atoms with van der Waals surface area (Å²) in [4.78, 5) is 144. The third-order valence-corrected chi connectivity index (χ3v) is 29.1. The Bertz CT molecular complexity index is 4070. The summed E-state index contributed by atoms with van der Waals surface area (Å²) in [5.41, 5.74) is 2.55. The molecule has 6 heterocycles. The van der Waals surface area contributed by atoms with Crippen LogP contribution in [-0.2, 0) is 95.3 Å². The van der Waals surface area contributed by atoms with Crippen LogP contribution in [0.1, 0.15) is 265 Å². The molecule has 1 unspecified atom stereocenters. The Morgan fingerprint density at radius 2 is 0.811 bits per heavy atom. The molecule has 2 amide bonds. The normalized spacial score (nSPS) is 39.4. The standard InChI is InChI=1S/C53H83NO13.C51H79NO13/c1-31(2)65-44-29-40-22-20-38(9)53(62,67-40)50(59)51(60)54-24-16-15-19-41(54)52(61)66-45(35(6)27-39-21-23-42(55)46(28-39)63-10)30-43(56)34(5)26-37(8)48(58)49(64-11)47(57)36(7)25-32(3)17-13-12-14-18-33(44)4;1-30-16-12-11-13-17-31(2)42(61-8)28-38-21-19-36(7)51(60,65-38)48(57)49(58)52-23-15-14-18-39(52)50(59)64-43(33(4)26-37-20-22-40(53)44(27-37)62-9)29-41(54)32(3)25-35(6)46(56)47(63-10)45(55)34(5)24-30/h12-14,17-18,26,31-32,34-36,38-42,44-46,48-49,55,58,62H,15-16,19-25,27-30H2,1-11H3;11-13,16-17,25,30,32-34,36-40,42-44,46-47,53,56,60H,14-15,18-24,26-29H2,1-10H3/b14-12+,17-13+,33-18+,37-26+;13-11?,16-12+,31-17?,35-25+/t32-,34-,35-,36-,38-,39+,40+,41+,42-,44?,45+,46-,48-,49+,53-;30-,32-,33-,34-,36-,37+,38+,39+,40-,42+,43+,44-,46-,47+,51-/m11/s1. The number of fused-ring (bicyclic) bond motifs is 6. The van der Waals surface area contributed by atoms with Gasteiger partial charge in [0.15, 0.2) is 11.6 Å². The summed E-state index contributed by atoms with van der Waals surface area (Å²) in [5, 5.41) is 67.8. The largest absolute Gasteiger partial charge is 0.460 e. The van der Waals surface area contributed by atoms with Crippen molar-refractivity contribution in [3.05, 3.63) is 95.2 Å². The predicted molar refractivity (Wildman–Crippen MR) is 499 cm³/mol. The first-order chi connectivity index (χ1) is 62.4. The molecule has 4 saturated heterocycles. The lowest BCUT2D eigenvalue weighted by Gasteiger charge is -2.43. The van der Waals surface area contributed by atoms with E-state index in [0.29, 0.717) is 127 Å². The molecule has 0 aromatic carbocycles. The van der Waals surface area contributed by atoms with Gasteiger partial charge >= 0.3 is 11.9 Å². The molecular formula is C104H162N2O26. The molecule has 132 heavy (non-hydrogen) atoms. The maximum absolute atomic E-state index is 14.4. The zero-order valence-electron chi connectivity index (χ0n) is 82.8. The quantitative estimate of drug-likeness (QED) is 0.0566. The average molecular weight is 1860 g/mol. The summed E-state index contributed by atoms with van der Waals surface area (Å²) in [6.45, 7) is 29.4. The fourth-order valence-corrected chi connectivity index (χ4v) is 20.4. The van der Waals surface area contributed by atoms with E-state index in [4.69, 9.17) is 47.4 Å². The van der Waals surface area contributed by atoms with Gasteiger partial charge in [-0.2, -0.15) is 0 Å². The fraction of sp³-hybridized carbons (Fsp3) is 0.750. The highest BCUT2D eigenvalue weighted by Gasteiger charge is 2.56. The van der Waals surface area contributed by atoms with E-state index in [-0.39, 0.29) is 116 Å². The zero-order valence-corrected chi connectivity index (χ0v) is 82.8. The number of Topliss-reactive ketones (excluding diaryl/α,β-unsaturated/α-hetero) is 6. The molecule has 8 rings (SSSR count). The molecule has 6 N–H and O–H groups in total. The Morgan fingerprint density at radius 3 is 1.17 bits per heavy atom. The minimum Gasteiger partial charge on any atom is -0.460 e. The number of aliphatic hydroxyl groups is 6. The number of nitrogens with zero attached hydrogens (tertiary/aromatic N) is 2. The zero-order chi connectivity index (χ0) is 97.9. The van der Waals surface area contributed by atoms with Crippen LogP contribution in [0.5, 0.6) is 0 Å². The predicted octanol–water partition coefficient (Wildman–Crippen LogP) is 13.1. The van der Waals surface area contributed by atoms with Crippen LogP contribution in [-0.4, -0.2) is 263 Å². The highest BCUT2D eigenvalue weighted by molar-refractivity contribution is 6.39. The van der Waals surface area contributed by atoms with Crippen molar-refractivity contribution in [2.24, 2.45) is 71.0 Å². The molecular weight excluding hydrogens is 1690 g/mol. The van der Waals surface area contributed by atoms with E-state index in [1.54, 1.807) is 75.0 Å².